The van der Waals surface area contributed by atoms with E-state index in [1.807, 2.05) is 6.92 Å². The molecule has 1 aliphatic carbocycles. The molecule has 0 aromatic heterocycles. The summed E-state index contributed by atoms with van der Waals surface area (Å²) in [5, 5.41) is 9.17. The van der Waals surface area contributed by atoms with Crippen LogP contribution in [-0.4, -0.2) is 26.2 Å². The molecule has 1 saturated carbocycles. The van der Waals surface area contributed by atoms with Crippen LogP contribution in [0.15, 0.2) is 23.1 Å². The predicted molar refractivity (Wildman–Crippen MR) is 76.1 cm³/mol. The number of aliphatic hydroxyl groups excluding tert-OH is 1. The van der Waals surface area contributed by atoms with Crippen molar-refractivity contribution in [1.82, 2.24) is 4.72 Å². The van der Waals surface area contributed by atoms with E-state index in [-0.39, 0.29) is 17.0 Å². The Hall–Kier alpha value is -1.11. The highest BCUT2D eigenvalue weighted by Gasteiger charge is 2.39. The third-order valence-corrected chi connectivity index (χ3v) is 5.64. The van der Waals surface area contributed by atoms with Crippen molar-refractivity contribution in [3.63, 3.8) is 0 Å². The topological polar surface area (TPSA) is 75.6 Å². The van der Waals surface area contributed by atoms with Crippen molar-refractivity contribution >= 4 is 10.0 Å². The molecule has 0 atom stereocenters. The average Bonchev–Trinajstić information content (AvgIpc) is 2.42. The van der Waals surface area contributed by atoms with E-state index in [4.69, 9.17) is 4.74 Å². The first-order valence-electron chi connectivity index (χ1n) is 6.78. The first-order valence-corrected chi connectivity index (χ1v) is 8.26. The van der Waals surface area contributed by atoms with E-state index >= 15 is 0 Å². The molecule has 20 heavy (non-hydrogen) atoms. The standard InChI is InChI=1S/C14H21NO4S/c1-3-14(7-4-8-14)15-20(17,18)13-9-11(10-16)5-6-12(13)19-2/h5-6,9,15-16H,3-4,7-8,10H2,1-2H3. The van der Waals surface area contributed by atoms with Gasteiger partial charge in [0.1, 0.15) is 10.6 Å². The summed E-state index contributed by atoms with van der Waals surface area (Å²) in [5.74, 6) is 0.292. The van der Waals surface area contributed by atoms with Crippen LogP contribution in [0.5, 0.6) is 5.75 Å². The van der Waals surface area contributed by atoms with E-state index in [0.29, 0.717) is 11.3 Å². The van der Waals surface area contributed by atoms with Crippen LogP contribution in [0.4, 0.5) is 0 Å². The lowest BCUT2D eigenvalue weighted by Crippen LogP contribution is -2.52. The molecule has 1 fully saturated rings. The van der Waals surface area contributed by atoms with Crippen molar-refractivity contribution in [1.29, 1.82) is 0 Å². The maximum Gasteiger partial charge on any atom is 0.244 e. The number of ether oxygens (including phenoxy) is 1. The Kier molecular flexibility index (Phi) is 4.36. The van der Waals surface area contributed by atoms with E-state index in [2.05, 4.69) is 4.72 Å². The Balaban J connectivity index is 2.37. The molecule has 0 heterocycles. The molecule has 1 aromatic rings. The van der Waals surface area contributed by atoms with Gasteiger partial charge in [-0.3, -0.25) is 0 Å². The molecule has 112 valence electrons. The number of rotatable bonds is 6. The zero-order valence-electron chi connectivity index (χ0n) is 11.8. The highest BCUT2D eigenvalue weighted by Crippen LogP contribution is 2.37. The number of hydrogen-bond donors (Lipinski definition) is 2. The van der Waals surface area contributed by atoms with Gasteiger partial charge in [0.15, 0.2) is 0 Å². The van der Waals surface area contributed by atoms with Gasteiger partial charge in [-0.1, -0.05) is 13.0 Å². The monoisotopic (exact) mass is 299 g/mol. The smallest absolute Gasteiger partial charge is 0.244 e. The Morgan fingerprint density at radius 3 is 2.55 bits per heavy atom. The largest absolute Gasteiger partial charge is 0.495 e. The van der Waals surface area contributed by atoms with Crippen LogP contribution in [0.2, 0.25) is 0 Å². The molecule has 0 spiro atoms. The van der Waals surface area contributed by atoms with Crippen molar-refractivity contribution < 1.29 is 18.3 Å². The highest BCUT2D eigenvalue weighted by molar-refractivity contribution is 7.89. The van der Waals surface area contributed by atoms with Crippen molar-refractivity contribution in [2.24, 2.45) is 0 Å². The lowest BCUT2D eigenvalue weighted by molar-refractivity contribution is 0.213. The van der Waals surface area contributed by atoms with Crippen molar-refractivity contribution in [3.8, 4) is 5.75 Å². The van der Waals surface area contributed by atoms with Crippen LogP contribution in [0.3, 0.4) is 0 Å². The Morgan fingerprint density at radius 2 is 2.10 bits per heavy atom. The number of sulfonamides is 1. The summed E-state index contributed by atoms with van der Waals surface area (Å²) in [6.45, 7) is 1.79. The molecule has 0 amide bonds. The fraction of sp³-hybridized carbons (Fsp3) is 0.571. The predicted octanol–water partition coefficient (Wildman–Crippen LogP) is 1.80. The third-order valence-electron chi connectivity index (χ3n) is 4.04. The molecule has 0 bridgehead atoms. The number of aliphatic hydroxyl groups is 1. The zero-order valence-corrected chi connectivity index (χ0v) is 12.7. The quantitative estimate of drug-likeness (QED) is 0.840. The lowest BCUT2D eigenvalue weighted by atomic mass is 9.76. The summed E-state index contributed by atoms with van der Waals surface area (Å²) < 4.78 is 33.1. The van der Waals surface area contributed by atoms with Crippen molar-refractivity contribution in [2.45, 2.75) is 49.6 Å². The summed E-state index contributed by atoms with van der Waals surface area (Å²) in [4.78, 5) is 0.0891. The number of benzene rings is 1. The van der Waals surface area contributed by atoms with Crippen LogP contribution in [-0.2, 0) is 16.6 Å². The second-order valence-electron chi connectivity index (χ2n) is 5.24. The summed E-state index contributed by atoms with van der Waals surface area (Å²) in [6.07, 6.45) is 3.55. The third kappa shape index (κ3) is 2.82. The van der Waals surface area contributed by atoms with Crippen LogP contribution >= 0.6 is 0 Å². The molecular formula is C14H21NO4S. The second kappa shape index (κ2) is 5.71. The van der Waals surface area contributed by atoms with E-state index < -0.39 is 10.0 Å². The van der Waals surface area contributed by atoms with Crippen molar-refractivity contribution in [3.05, 3.63) is 23.8 Å². The van der Waals surface area contributed by atoms with Gasteiger partial charge >= 0.3 is 0 Å². The van der Waals surface area contributed by atoms with Gasteiger partial charge < -0.3 is 9.84 Å². The number of nitrogens with one attached hydrogen (secondary N) is 1. The van der Waals surface area contributed by atoms with Crippen LogP contribution in [0.1, 0.15) is 38.2 Å². The van der Waals surface area contributed by atoms with Gasteiger partial charge in [-0.25, -0.2) is 13.1 Å². The van der Waals surface area contributed by atoms with E-state index in [0.717, 1.165) is 25.7 Å². The highest BCUT2D eigenvalue weighted by atomic mass is 32.2. The van der Waals surface area contributed by atoms with E-state index in [1.54, 1.807) is 12.1 Å². The summed E-state index contributed by atoms with van der Waals surface area (Å²) in [6, 6.07) is 4.68. The molecule has 0 saturated heterocycles. The molecule has 5 nitrogen and oxygen atoms in total. The number of hydrogen-bond acceptors (Lipinski definition) is 4. The Labute approximate surface area is 120 Å². The maximum atomic E-state index is 12.6. The minimum Gasteiger partial charge on any atom is -0.495 e. The Bertz CT molecular complexity index is 573. The first kappa shape index (κ1) is 15.3. The van der Waals surface area contributed by atoms with Gasteiger partial charge in [-0.2, -0.15) is 0 Å². The molecule has 0 unspecified atom stereocenters. The molecule has 1 aliphatic rings. The minimum atomic E-state index is -3.65. The zero-order chi connectivity index (χ0) is 14.8. The molecule has 6 heteroatoms. The van der Waals surface area contributed by atoms with E-state index in [1.165, 1.54) is 13.2 Å². The van der Waals surface area contributed by atoms with Gasteiger partial charge in [0.05, 0.1) is 13.7 Å². The fourth-order valence-corrected chi connectivity index (χ4v) is 4.25. The van der Waals surface area contributed by atoms with Gasteiger partial charge in [0, 0.05) is 5.54 Å². The Morgan fingerprint density at radius 1 is 1.40 bits per heavy atom. The molecule has 1 aromatic carbocycles. The first-order chi connectivity index (χ1) is 9.46. The van der Waals surface area contributed by atoms with E-state index in [9.17, 15) is 13.5 Å². The van der Waals surface area contributed by atoms with Gasteiger partial charge in [0.2, 0.25) is 10.0 Å². The SMILES string of the molecule is CCC1(NS(=O)(=O)c2cc(CO)ccc2OC)CCC1. The van der Waals surface area contributed by atoms with Crippen LogP contribution in [0, 0.1) is 0 Å². The summed E-state index contributed by atoms with van der Waals surface area (Å²) in [7, 11) is -2.22. The van der Waals surface area contributed by atoms with Crippen molar-refractivity contribution in [2.75, 3.05) is 7.11 Å². The molecule has 0 radical (unpaired) electrons. The molecule has 2 N–H and O–H groups in total. The average molecular weight is 299 g/mol. The summed E-state index contributed by atoms with van der Waals surface area (Å²) in [5.41, 5.74) is 0.226. The molecule has 2 rings (SSSR count). The number of methoxy groups -OCH3 is 1. The normalized spacial score (nSPS) is 17.6. The van der Waals surface area contributed by atoms with Gasteiger partial charge in [0.25, 0.3) is 0 Å². The van der Waals surface area contributed by atoms with Gasteiger partial charge in [-0.15, -0.1) is 0 Å². The molecule has 0 aliphatic heterocycles. The minimum absolute atomic E-state index is 0.0891. The van der Waals surface area contributed by atoms with Crippen LogP contribution < -0.4 is 9.46 Å². The van der Waals surface area contributed by atoms with Gasteiger partial charge in [-0.05, 0) is 43.4 Å². The summed E-state index contributed by atoms with van der Waals surface area (Å²) >= 11 is 0. The van der Waals surface area contributed by atoms with Crippen LogP contribution in [0.25, 0.3) is 0 Å². The maximum absolute atomic E-state index is 12.6. The second-order valence-corrected chi connectivity index (χ2v) is 6.89. The lowest BCUT2D eigenvalue weighted by Gasteiger charge is -2.41. The molecular weight excluding hydrogens is 278 g/mol. The fourth-order valence-electron chi connectivity index (χ4n) is 2.50.